The number of ether oxygens (including phenoxy) is 1. The number of rotatable bonds is 4. The summed E-state index contributed by atoms with van der Waals surface area (Å²) >= 11 is 0. The molecule has 0 aliphatic heterocycles. The number of carbonyl (C=O) groups excluding carboxylic acids is 1. The molecule has 126 valence electrons. The number of carboxylic acid groups (broad SMARTS) is 1. The average molecular weight is 331 g/mol. The van der Waals surface area contributed by atoms with Crippen LogP contribution >= 0.6 is 0 Å². The Morgan fingerprint density at radius 2 is 2.17 bits per heavy atom. The highest BCUT2D eigenvalue weighted by Gasteiger charge is 2.24. The van der Waals surface area contributed by atoms with Gasteiger partial charge in [-0.2, -0.15) is 10.4 Å². The van der Waals surface area contributed by atoms with Gasteiger partial charge in [0.2, 0.25) is 0 Å². The lowest BCUT2D eigenvalue weighted by molar-refractivity contribution is -0.139. The Bertz CT molecular complexity index is 815. The van der Waals surface area contributed by atoms with Crippen molar-refractivity contribution in [3.05, 3.63) is 29.7 Å². The van der Waals surface area contributed by atoms with Crippen LogP contribution in [-0.2, 0) is 16.0 Å². The topological polar surface area (TPSA) is 130 Å². The molecule has 2 N–H and O–H groups in total. The Morgan fingerprint density at radius 1 is 1.46 bits per heavy atom. The molecule has 1 unspecified atom stereocenters. The number of hydrogen-bond acceptors (Lipinski definition) is 6. The number of nitriles is 1. The van der Waals surface area contributed by atoms with Gasteiger partial charge in [-0.05, 0) is 32.9 Å². The van der Waals surface area contributed by atoms with Gasteiger partial charge in [0, 0.05) is 6.42 Å². The molecule has 1 atom stereocenters. The molecule has 9 heteroatoms. The van der Waals surface area contributed by atoms with Crippen molar-refractivity contribution >= 4 is 17.7 Å². The maximum Gasteiger partial charge on any atom is 0.408 e. The minimum Gasteiger partial charge on any atom is -0.480 e. The largest absolute Gasteiger partial charge is 0.480 e. The fraction of sp³-hybridized carbons (Fsp3) is 0.400. The molecule has 0 fully saturated rings. The highest BCUT2D eigenvalue weighted by Crippen LogP contribution is 2.09. The van der Waals surface area contributed by atoms with Crippen molar-refractivity contribution in [1.29, 1.82) is 5.26 Å². The van der Waals surface area contributed by atoms with Crippen molar-refractivity contribution in [2.75, 3.05) is 0 Å². The zero-order valence-corrected chi connectivity index (χ0v) is 13.5. The molecule has 0 aromatic carbocycles. The number of alkyl carbamates (subject to hydrolysis) is 1. The Hall–Kier alpha value is -3.15. The van der Waals surface area contributed by atoms with E-state index in [1.54, 1.807) is 32.9 Å². The number of amides is 1. The highest BCUT2D eigenvalue weighted by molar-refractivity contribution is 5.80. The first-order chi connectivity index (χ1) is 11.2. The molecule has 2 rings (SSSR count). The van der Waals surface area contributed by atoms with E-state index in [-0.39, 0.29) is 12.1 Å². The first-order valence-electron chi connectivity index (χ1n) is 7.15. The monoisotopic (exact) mass is 331 g/mol. The summed E-state index contributed by atoms with van der Waals surface area (Å²) in [7, 11) is 0. The third-order valence-corrected chi connectivity index (χ3v) is 2.89. The minimum atomic E-state index is -1.20. The highest BCUT2D eigenvalue weighted by atomic mass is 16.6. The van der Waals surface area contributed by atoms with E-state index in [0.29, 0.717) is 11.3 Å². The van der Waals surface area contributed by atoms with Gasteiger partial charge in [-0.1, -0.05) is 0 Å². The van der Waals surface area contributed by atoms with Crippen molar-refractivity contribution in [2.45, 2.75) is 38.8 Å². The average Bonchev–Trinajstić information content (AvgIpc) is 2.86. The quantitative estimate of drug-likeness (QED) is 0.858. The molecule has 0 radical (unpaired) electrons. The Balaban J connectivity index is 2.14. The molecule has 2 heterocycles. The zero-order valence-electron chi connectivity index (χ0n) is 13.5. The van der Waals surface area contributed by atoms with Crippen LogP contribution in [-0.4, -0.2) is 43.4 Å². The standard InChI is InChI=1S/C15H17N5O4/c1-15(2,3)24-14(23)18-11(13(21)22)6-9-4-5-12-17-10(7-16)8-20(12)19-9/h4-5,8,11H,6H2,1-3H3,(H,18,23)(H,21,22). The fourth-order valence-electron chi connectivity index (χ4n) is 1.94. The number of nitrogens with one attached hydrogen (secondary N) is 1. The molecule has 0 saturated heterocycles. The van der Waals surface area contributed by atoms with Crippen LogP contribution in [0.15, 0.2) is 18.3 Å². The van der Waals surface area contributed by atoms with Gasteiger partial charge in [-0.3, -0.25) is 0 Å². The van der Waals surface area contributed by atoms with Gasteiger partial charge in [0.05, 0.1) is 11.9 Å². The predicted molar refractivity (Wildman–Crippen MR) is 82.2 cm³/mol. The second-order valence-electron chi connectivity index (χ2n) is 6.11. The van der Waals surface area contributed by atoms with Gasteiger partial charge >= 0.3 is 12.1 Å². The molecule has 0 saturated carbocycles. The Kier molecular flexibility index (Phi) is 4.69. The summed E-state index contributed by atoms with van der Waals surface area (Å²) in [6.45, 7) is 5.05. The number of aromatic nitrogens is 3. The molecule has 0 aliphatic carbocycles. The summed E-state index contributed by atoms with van der Waals surface area (Å²) in [5, 5.41) is 24.6. The van der Waals surface area contributed by atoms with Crippen LogP contribution in [0.3, 0.4) is 0 Å². The van der Waals surface area contributed by atoms with Crippen molar-refractivity contribution in [1.82, 2.24) is 19.9 Å². The molecule has 1 amide bonds. The summed E-state index contributed by atoms with van der Waals surface area (Å²) in [6.07, 6.45) is 0.589. The van der Waals surface area contributed by atoms with Crippen LogP contribution < -0.4 is 5.32 Å². The van der Waals surface area contributed by atoms with Crippen LogP contribution in [0.25, 0.3) is 5.65 Å². The Labute approximate surface area is 137 Å². The van der Waals surface area contributed by atoms with Crippen LogP contribution in [0.2, 0.25) is 0 Å². The normalized spacial score (nSPS) is 12.4. The van der Waals surface area contributed by atoms with E-state index in [0.717, 1.165) is 0 Å². The summed E-state index contributed by atoms with van der Waals surface area (Å²) in [5.74, 6) is -1.20. The van der Waals surface area contributed by atoms with Gasteiger partial charge in [-0.15, -0.1) is 0 Å². The third-order valence-electron chi connectivity index (χ3n) is 2.89. The molecular formula is C15H17N5O4. The van der Waals surface area contributed by atoms with Gasteiger partial charge in [0.15, 0.2) is 11.3 Å². The second kappa shape index (κ2) is 6.54. The molecule has 0 bridgehead atoms. The number of fused-ring (bicyclic) bond motifs is 1. The van der Waals surface area contributed by atoms with Crippen LogP contribution in [0.1, 0.15) is 32.2 Å². The van der Waals surface area contributed by atoms with E-state index in [1.807, 2.05) is 6.07 Å². The van der Waals surface area contributed by atoms with Gasteiger partial charge in [0.25, 0.3) is 0 Å². The van der Waals surface area contributed by atoms with Crippen LogP contribution in [0, 0.1) is 11.3 Å². The number of hydrogen-bond donors (Lipinski definition) is 2. The molecule has 9 nitrogen and oxygen atoms in total. The van der Waals surface area contributed by atoms with E-state index in [1.165, 1.54) is 10.7 Å². The minimum absolute atomic E-state index is 0.0371. The van der Waals surface area contributed by atoms with Gasteiger partial charge < -0.3 is 15.2 Å². The Morgan fingerprint density at radius 3 is 2.75 bits per heavy atom. The van der Waals surface area contributed by atoms with E-state index in [4.69, 9.17) is 10.00 Å². The number of nitrogens with zero attached hydrogens (tertiary/aromatic N) is 4. The maximum absolute atomic E-state index is 11.7. The van der Waals surface area contributed by atoms with Crippen molar-refractivity contribution in [3.63, 3.8) is 0 Å². The molecule has 24 heavy (non-hydrogen) atoms. The van der Waals surface area contributed by atoms with Crippen molar-refractivity contribution in [3.8, 4) is 6.07 Å². The van der Waals surface area contributed by atoms with Gasteiger partial charge in [0.1, 0.15) is 17.7 Å². The molecule has 0 aliphatic rings. The number of carbonyl (C=O) groups is 2. The van der Waals surface area contributed by atoms with E-state index in [9.17, 15) is 14.7 Å². The van der Waals surface area contributed by atoms with Crippen molar-refractivity contribution in [2.24, 2.45) is 0 Å². The van der Waals surface area contributed by atoms with Crippen LogP contribution in [0.5, 0.6) is 0 Å². The summed E-state index contributed by atoms with van der Waals surface area (Å²) in [6, 6.07) is 3.93. The third kappa shape index (κ3) is 4.42. The number of aliphatic carboxylic acids is 1. The number of carboxylic acids is 1. The molecule has 2 aromatic heterocycles. The number of imidazole rings is 1. The van der Waals surface area contributed by atoms with Gasteiger partial charge in [-0.25, -0.2) is 19.1 Å². The van der Waals surface area contributed by atoms with Crippen LogP contribution in [0.4, 0.5) is 4.79 Å². The predicted octanol–water partition coefficient (Wildman–Crippen LogP) is 1.12. The summed E-state index contributed by atoms with van der Waals surface area (Å²) < 4.78 is 6.45. The lowest BCUT2D eigenvalue weighted by atomic mass is 10.1. The SMILES string of the molecule is CC(C)(C)OC(=O)NC(Cc1ccc2nc(C#N)cn2n1)C(=O)O. The lowest BCUT2D eigenvalue weighted by Crippen LogP contribution is -2.44. The van der Waals surface area contributed by atoms with E-state index >= 15 is 0 Å². The smallest absolute Gasteiger partial charge is 0.408 e. The van der Waals surface area contributed by atoms with E-state index < -0.39 is 23.7 Å². The second-order valence-corrected chi connectivity index (χ2v) is 6.11. The lowest BCUT2D eigenvalue weighted by Gasteiger charge is -2.21. The molecule has 2 aromatic rings. The molecular weight excluding hydrogens is 314 g/mol. The fourth-order valence-corrected chi connectivity index (χ4v) is 1.94. The maximum atomic E-state index is 11.7. The summed E-state index contributed by atoms with van der Waals surface area (Å²) in [5.41, 5.74) is 0.380. The first-order valence-corrected chi connectivity index (χ1v) is 7.15. The molecule has 0 spiro atoms. The first kappa shape index (κ1) is 17.2. The van der Waals surface area contributed by atoms with Crippen molar-refractivity contribution < 1.29 is 19.4 Å². The summed E-state index contributed by atoms with van der Waals surface area (Å²) in [4.78, 5) is 27.1. The zero-order chi connectivity index (χ0) is 17.9. The van der Waals surface area contributed by atoms with E-state index in [2.05, 4.69) is 15.4 Å².